The fourth-order valence-corrected chi connectivity index (χ4v) is 1.58. The van der Waals surface area contributed by atoms with Crippen molar-refractivity contribution in [2.75, 3.05) is 0 Å². The number of hydrogen-bond donors (Lipinski definition) is 1. The minimum Gasteiger partial charge on any atom is -0.388 e. The normalized spacial score (nSPS) is 18.9. The highest BCUT2D eigenvalue weighted by atomic mass is 16.3. The van der Waals surface area contributed by atoms with Gasteiger partial charge in [0.15, 0.2) is 0 Å². The number of aliphatic hydroxyl groups excluding tert-OH is 1. The molecule has 78 valence electrons. The van der Waals surface area contributed by atoms with Crippen LogP contribution in [0.5, 0.6) is 0 Å². The molecule has 1 atom stereocenters. The topological polar surface area (TPSA) is 38.1 Å². The van der Waals surface area contributed by atoms with Gasteiger partial charge >= 0.3 is 0 Å². The smallest absolute Gasteiger partial charge is 0.0843 e. The fourth-order valence-electron chi connectivity index (χ4n) is 1.58. The lowest BCUT2D eigenvalue weighted by Gasteiger charge is -2.11. The average Bonchev–Trinajstić information content (AvgIpc) is 2.81. The van der Waals surface area contributed by atoms with E-state index >= 15 is 0 Å². The summed E-state index contributed by atoms with van der Waals surface area (Å²) in [6, 6.07) is 0. The van der Waals surface area contributed by atoms with Crippen LogP contribution in [0.1, 0.15) is 38.4 Å². The second-order valence-electron chi connectivity index (χ2n) is 4.63. The molecule has 0 spiro atoms. The molecule has 0 radical (unpaired) electrons. The van der Waals surface area contributed by atoms with E-state index in [2.05, 4.69) is 5.10 Å². The van der Waals surface area contributed by atoms with Gasteiger partial charge in [-0.05, 0) is 24.7 Å². The van der Waals surface area contributed by atoms with Crippen LogP contribution < -0.4 is 0 Å². The average molecular weight is 194 g/mol. The van der Waals surface area contributed by atoms with Gasteiger partial charge in [0.05, 0.1) is 12.3 Å². The van der Waals surface area contributed by atoms with Crippen molar-refractivity contribution in [3.8, 4) is 0 Å². The largest absolute Gasteiger partial charge is 0.388 e. The van der Waals surface area contributed by atoms with Gasteiger partial charge in [-0.15, -0.1) is 0 Å². The SMILES string of the molecule is CC(C)C(O)c1cnn(CC2CC2)c1. The lowest BCUT2D eigenvalue weighted by molar-refractivity contribution is 0.127. The molecule has 0 saturated heterocycles. The predicted octanol–water partition coefficient (Wildman–Crippen LogP) is 1.98. The van der Waals surface area contributed by atoms with Crippen molar-refractivity contribution in [2.45, 2.75) is 39.3 Å². The molecule has 3 nitrogen and oxygen atoms in total. The van der Waals surface area contributed by atoms with Crippen molar-refractivity contribution in [3.63, 3.8) is 0 Å². The van der Waals surface area contributed by atoms with E-state index in [1.165, 1.54) is 12.8 Å². The molecule has 1 heterocycles. The summed E-state index contributed by atoms with van der Waals surface area (Å²) < 4.78 is 1.96. The van der Waals surface area contributed by atoms with Gasteiger partial charge in [0.25, 0.3) is 0 Å². The summed E-state index contributed by atoms with van der Waals surface area (Å²) >= 11 is 0. The first kappa shape index (κ1) is 9.71. The van der Waals surface area contributed by atoms with E-state index in [1.807, 2.05) is 24.7 Å². The van der Waals surface area contributed by atoms with E-state index in [-0.39, 0.29) is 12.0 Å². The van der Waals surface area contributed by atoms with Crippen LogP contribution in [-0.2, 0) is 6.54 Å². The van der Waals surface area contributed by atoms with Crippen molar-refractivity contribution in [2.24, 2.45) is 11.8 Å². The predicted molar refractivity (Wildman–Crippen MR) is 54.7 cm³/mol. The Morgan fingerprint density at radius 1 is 1.57 bits per heavy atom. The lowest BCUT2D eigenvalue weighted by Crippen LogP contribution is -2.04. The second-order valence-corrected chi connectivity index (χ2v) is 4.63. The molecule has 14 heavy (non-hydrogen) atoms. The molecule has 1 aromatic rings. The van der Waals surface area contributed by atoms with Gasteiger partial charge in [-0.25, -0.2) is 0 Å². The van der Waals surface area contributed by atoms with E-state index in [0.29, 0.717) is 0 Å². The van der Waals surface area contributed by atoms with E-state index < -0.39 is 0 Å². The van der Waals surface area contributed by atoms with Gasteiger partial charge in [0, 0.05) is 18.3 Å². The van der Waals surface area contributed by atoms with E-state index in [4.69, 9.17) is 0 Å². The van der Waals surface area contributed by atoms with E-state index in [9.17, 15) is 5.11 Å². The molecular formula is C11H18N2O. The molecule has 0 aromatic carbocycles. The molecule has 3 heteroatoms. The fraction of sp³-hybridized carbons (Fsp3) is 0.727. The van der Waals surface area contributed by atoms with Crippen LogP contribution in [0.3, 0.4) is 0 Å². The maximum absolute atomic E-state index is 9.81. The molecule has 1 aliphatic carbocycles. The van der Waals surface area contributed by atoms with Gasteiger partial charge < -0.3 is 5.11 Å². The highest BCUT2D eigenvalue weighted by molar-refractivity contribution is 5.08. The quantitative estimate of drug-likeness (QED) is 0.796. The number of nitrogens with zero attached hydrogens (tertiary/aromatic N) is 2. The summed E-state index contributed by atoms with van der Waals surface area (Å²) in [6.45, 7) is 5.05. The first-order valence-corrected chi connectivity index (χ1v) is 5.37. The molecule has 1 fully saturated rings. The standard InChI is InChI=1S/C11H18N2O/c1-8(2)11(14)10-5-12-13(7-10)6-9-3-4-9/h5,7-9,11,14H,3-4,6H2,1-2H3. The van der Waals surface area contributed by atoms with Gasteiger partial charge in [-0.2, -0.15) is 5.10 Å². The van der Waals surface area contributed by atoms with Crippen LogP contribution in [0.2, 0.25) is 0 Å². The first-order valence-electron chi connectivity index (χ1n) is 5.37. The van der Waals surface area contributed by atoms with Crippen molar-refractivity contribution in [1.82, 2.24) is 9.78 Å². The zero-order valence-corrected chi connectivity index (χ0v) is 8.85. The van der Waals surface area contributed by atoms with Crippen molar-refractivity contribution in [3.05, 3.63) is 18.0 Å². The minimum atomic E-state index is -0.372. The number of hydrogen-bond acceptors (Lipinski definition) is 2. The summed E-state index contributed by atoms with van der Waals surface area (Å²) in [5.74, 6) is 1.09. The number of aromatic nitrogens is 2. The Morgan fingerprint density at radius 3 is 2.86 bits per heavy atom. The maximum atomic E-state index is 9.81. The summed E-state index contributed by atoms with van der Waals surface area (Å²) in [5, 5.41) is 14.1. The van der Waals surface area contributed by atoms with Crippen LogP contribution in [0, 0.1) is 11.8 Å². The summed E-state index contributed by atoms with van der Waals surface area (Å²) in [4.78, 5) is 0. The molecule has 1 aliphatic rings. The highest BCUT2D eigenvalue weighted by Gasteiger charge is 2.22. The molecule has 1 unspecified atom stereocenters. The molecular weight excluding hydrogens is 176 g/mol. The van der Waals surface area contributed by atoms with Crippen LogP contribution in [0.4, 0.5) is 0 Å². The zero-order chi connectivity index (χ0) is 10.1. The molecule has 2 rings (SSSR count). The van der Waals surface area contributed by atoms with Gasteiger partial charge in [-0.1, -0.05) is 13.8 Å². The van der Waals surface area contributed by atoms with Crippen molar-refractivity contribution >= 4 is 0 Å². The molecule has 0 aliphatic heterocycles. The monoisotopic (exact) mass is 194 g/mol. The summed E-state index contributed by atoms with van der Waals surface area (Å²) in [5.41, 5.74) is 0.945. The first-order chi connectivity index (χ1) is 6.66. The maximum Gasteiger partial charge on any atom is 0.0843 e. The Balaban J connectivity index is 2.00. The van der Waals surface area contributed by atoms with Crippen LogP contribution in [0.25, 0.3) is 0 Å². The van der Waals surface area contributed by atoms with E-state index in [0.717, 1.165) is 18.0 Å². The van der Waals surface area contributed by atoms with Crippen LogP contribution >= 0.6 is 0 Å². The molecule has 1 N–H and O–H groups in total. The van der Waals surface area contributed by atoms with Crippen molar-refractivity contribution in [1.29, 1.82) is 0 Å². The Bertz CT molecular complexity index is 302. The van der Waals surface area contributed by atoms with Crippen LogP contribution in [0.15, 0.2) is 12.4 Å². The summed E-state index contributed by atoms with van der Waals surface area (Å²) in [7, 11) is 0. The third kappa shape index (κ3) is 2.15. The third-order valence-corrected chi connectivity index (χ3v) is 2.77. The van der Waals surface area contributed by atoms with Crippen molar-refractivity contribution < 1.29 is 5.11 Å². The van der Waals surface area contributed by atoms with E-state index in [1.54, 1.807) is 6.20 Å². The Kier molecular flexibility index (Phi) is 2.59. The van der Waals surface area contributed by atoms with Crippen LogP contribution in [-0.4, -0.2) is 14.9 Å². The van der Waals surface area contributed by atoms with Gasteiger partial charge in [0.2, 0.25) is 0 Å². The van der Waals surface area contributed by atoms with Gasteiger partial charge in [-0.3, -0.25) is 4.68 Å². The second kappa shape index (κ2) is 3.73. The zero-order valence-electron chi connectivity index (χ0n) is 8.85. The lowest BCUT2D eigenvalue weighted by atomic mass is 10.0. The highest BCUT2D eigenvalue weighted by Crippen LogP contribution is 2.30. The Labute approximate surface area is 84.7 Å². The number of aliphatic hydroxyl groups is 1. The molecule has 1 aromatic heterocycles. The third-order valence-electron chi connectivity index (χ3n) is 2.77. The molecule has 0 amide bonds. The van der Waals surface area contributed by atoms with Gasteiger partial charge in [0.1, 0.15) is 0 Å². The molecule has 1 saturated carbocycles. The Hall–Kier alpha value is -0.830. The number of rotatable bonds is 4. The Morgan fingerprint density at radius 2 is 2.29 bits per heavy atom. The molecule has 0 bridgehead atoms. The summed E-state index contributed by atoms with van der Waals surface area (Å²) in [6.07, 6.45) is 6.06. The minimum absolute atomic E-state index is 0.258.